The molecule has 0 aliphatic heterocycles. The summed E-state index contributed by atoms with van der Waals surface area (Å²) in [6, 6.07) is 3.79. The van der Waals surface area contributed by atoms with Crippen molar-refractivity contribution in [1.29, 1.82) is 0 Å². The Hall–Kier alpha value is -1.44. The standard InChI is InChI=1S/C11H11IN4O/c1-17-10-4-8(2-3-13-10)5-14-11-15-6-9(12)7-16-11/h2-4,6-7H,5H2,1H3,(H,14,15,16). The summed E-state index contributed by atoms with van der Waals surface area (Å²) in [5, 5.41) is 3.13. The van der Waals surface area contributed by atoms with Crippen molar-refractivity contribution in [1.82, 2.24) is 15.0 Å². The first kappa shape index (κ1) is 12.0. The van der Waals surface area contributed by atoms with Gasteiger partial charge in [0.25, 0.3) is 0 Å². The van der Waals surface area contributed by atoms with Crippen molar-refractivity contribution < 1.29 is 4.74 Å². The van der Waals surface area contributed by atoms with Gasteiger partial charge in [0.05, 0.1) is 7.11 Å². The van der Waals surface area contributed by atoms with Gasteiger partial charge in [0, 0.05) is 34.8 Å². The number of rotatable bonds is 4. The molecule has 0 unspecified atom stereocenters. The number of nitrogens with zero attached hydrogens (tertiary/aromatic N) is 3. The van der Waals surface area contributed by atoms with Crippen LogP contribution >= 0.6 is 22.6 Å². The van der Waals surface area contributed by atoms with E-state index in [1.54, 1.807) is 25.7 Å². The molecule has 2 rings (SSSR count). The van der Waals surface area contributed by atoms with E-state index in [1.165, 1.54) is 0 Å². The summed E-state index contributed by atoms with van der Waals surface area (Å²) >= 11 is 2.17. The fourth-order valence-corrected chi connectivity index (χ4v) is 1.54. The van der Waals surface area contributed by atoms with Gasteiger partial charge in [0.1, 0.15) is 0 Å². The lowest BCUT2D eigenvalue weighted by molar-refractivity contribution is 0.397. The summed E-state index contributed by atoms with van der Waals surface area (Å²) in [5.74, 6) is 1.22. The Bertz CT molecular complexity index is 489. The minimum Gasteiger partial charge on any atom is -0.481 e. The largest absolute Gasteiger partial charge is 0.481 e. The maximum atomic E-state index is 5.05. The van der Waals surface area contributed by atoms with Crippen molar-refractivity contribution >= 4 is 28.5 Å². The molecule has 6 heteroatoms. The van der Waals surface area contributed by atoms with Gasteiger partial charge in [-0.05, 0) is 34.2 Å². The number of hydrogen-bond acceptors (Lipinski definition) is 5. The predicted molar refractivity (Wildman–Crippen MR) is 72.9 cm³/mol. The smallest absolute Gasteiger partial charge is 0.222 e. The first-order valence-corrected chi connectivity index (χ1v) is 6.06. The topological polar surface area (TPSA) is 59.9 Å². The molecule has 0 atom stereocenters. The summed E-state index contributed by atoms with van der Waals surface area (Å²) in [5.41, 5.74) is 1.07. The molecule has 0 radical (unpaired) electrons. The third-order valence-electron chi connectivity index (χ3n) is 2.08. The molecule has 0 aliphatic carbocycles. The zero-order valence-corrected chi connectivity index (χ0v) is 11.4. The van der Waals surface area contributed by atoms with Crippen LogP contribution in [0.25, 0.3) is 0 Å². The Morgan fingerprint density at radius 3 is 2.76 bits per heavy atom. The summed E-state index contributed by atoms with van der Waals surface area (Å²) in [6.45, 7) is 0.638. The van der Waals surface area contributed by atoms with Crippen molar-refractivity contribution in [2.45, 2.75) is 6.54 Å². The van der Waals surface area contributed by atoms with Crippen LogP contribution in [0.3, 0.4) is 0 Å². The lowest BCUT2D eigenvalue weighted by atomic mass is 10.2. The second-order valence-corrected chi connectivity index (χ2v) is 4.53. The van der Waals surface area contributed by atoms with E-state index < -0.39 is 0 Å². The van der Waals surface area contributed by atoms with E-state index in [1.807, 2.05) is 12.1 Å². The molecule has 1 N–H and O–H groups in total. The van der Waals surface area contributed by atoms with Gasteiger partial charge in [0.15, 0.2) is 0 Å². The molecular formula is C11H11IN4O. The van der Waals surface area contributed by atoms with E-state index >= 15 is 0 Å². The molecule has 2 aromatic heterocycles. The molecular weight excluding hydrogens is 331 g/mol. The Labute approximate surface area is 113 Å². The van der Waals surface area contributed by atoms with Crippen LogP contribution in [0.15, 0.2) is 30.7 Å². The van der Waals surface area contributed by atoms with Crippen molar-refractivity contribution in [2.24, 2.45) is 0 Å². The average Bonchev–Trinajstić information content (AvgIpc) is 2.38. The number of pyridine rings is 1. The molecule has 88 valence electrons. The van der Waals surface area contributed by atoms with E-state index in [2.05, 4.69) is 42.9 Å². The normalized spacial score (nSPS) is 10.0. The number of aromatic nitrogens is 3. The summed E-state index contributed by atoms with van der Waals surface area (Å²) in [4.78, 5) is 12.4. The first-order valence-electron chi connectivity index (χ1n) is 4.98. The molecule has 2 heterocycles. The second-order valence-electron chi connectivity index (χ2n) is 3.28. The molecule has 0 spiro atoms. The highest BCUT2D eigenvalue weighted by molar-refractivity contribution is 14.1. The summed E-state index contributed by atoms with van der Waals surface area (Å²) < 4.78 is 6.06. The lowest BCUT2D eigenvalue weighted by Crippen LogP contribution is -2.03. The third-order valence-corrected chi connectivity index (χ3v) is 2.64. The zero-order chi connectivity index (χ0) is 12.1. The van der Waals surface area contributed by atoms with Crippen molar-refractivity contribution in [3.63, 3.8) is 0 Å². The van der Waals surface area contributed by atoms with Gasteiger partial charge in [-0.1, -0.05) is 0 Å². The number of halogens is 1. The zero-order valence-electron chi connectivity index (χ0n) is 9.22. The Morgan fingerprint density at radius 2 is 2.06 bits per heavy atom. The van der Waals surface area contributed by atoms with E-state index in [9.17, 15) is 0 Å². The van der Waals surface area contributed by atoms with Crippen LogP contribution in [0, 0.1) is 3.57 Å². The fraction of sp³-hybridized carbons (Fsp3) is 0.182. The maximum absolute atomic E-state index is 5.05. The maximum Gasteiger partial charge on any atom is 0.222 e. The molecule has 0 aromatic carbocycles. The molecule has 0 fully saturated rings. The SMILES string of the molecule is COc1cc(CNc2ncc(I)cn2)ccn1. The van der Waals surface area contributed by atoms with Gasteiger partial charge in [-0.3, -0.25) is 0 Å². The minimum absolute atomic E-state index is 0.604. The lowest BCUT2D eigenvalue weighted by Gasteiger charge is -2.05. The summed E-state index contributed by atoms with van der Waals surface area (Å²) in [7, 11) is 1.60. The highest BCUT2D eigenvalue weighted by atomic mass is 127. The van der Waals surface area contributed by atoms with E-state index in [0.29, 0.717) is 18.4 Å². The van der Waals surface area contributed by atoms with Crippen LogP contribution in [0.1, 0.15) is 5.56 Å². The molecule has 0 aliphatic rings. The highest BCUT2D eigenvalue weighted by Crippen LogP contribution is 2.10. The quantitative estimate of drug-likeness (QED) is 0.863. The van der Waals surface area contributed by atoms with Crippen LogP contribution in [0.5, 0.6) is 5.88 Å². The molecule has 0 bridgehead atoms. The van der Waals surface area contributed by atoms with Crippen LogP contribution in [-0.4, -0.2) is 22.1 Å². The molecule has 2 aromatic rings. The van der Waals surface area contributed by atoms with Gasteiger partial charge in [-0.25, -0.2) is 15.0 Å². The first-order chi connectivity index (χ1) is 8.28. The van der Waals surface area contributed by atoms with Gasteiger partial charge in [-0.15, -0.1) is 0 Å². The molecule has 17 heavy (non-hydrogen) atoms. The second kappa shape index (κ2) is 5.76. The Morgan fingerprint density at radius 1 is 1.29 bits per heavy atom. The van der Waals surface area contributed by atoms with Crippen molar-refractivity contribution in [3.8, 4) is 5.88 Å². The fourth-order valence-electron chi connectivity index (χ4n) is 1.26. The van der Waals surface area contributed by atoms with E-state index in [0.717, 1.165) is 9.13 Å². The highest BCUT2D eigenvalue weighted by Gasteiger charge is 1.99. The van der Waals surface area contributed by atoms with Gasteiger partial charge >= 0.3 is 0 Å². The Kier molecular flexibility index (Phi) is 4.08. The number of hydrogen-bond donors (Lipinski definition) is 1. The summed E-state index contributed by atoms with van der Waals surface area (Å²) in [6.07, 6.45) is 5.25. The third kappa shape index (κ3) is 3.52. The molecule has 0 saturated carbocycles. The Balaban J connectivity index is 1.99. The van der Waals surface area contributed by atoms with Gasteiger partial charge in [0.2, 0.25) is 11.8 Å². The van der Waals surface area contributed by atoms with Crippen LogP contribution in [-0.2, 0) is 6.54 Å². The number of methoxy groups -OCH3 is 1. The minimum atomic E-state index is 0.604. The molecule has 0 amide bonds. The number of ether oxygens (including phenoxy) is 1. The monoisotopic (exact) mass is 342 g/mol. The van der Waals surface area contributed by atoms with Gasteiger partial charge < -0.3 is 10.1 Å². The van der Waals surface area contributed by atoms with E-state index in [-0.39, 0.29) is 0 Å². The van der Waals surface area contributed by atoms with Gasteiger partial charge in [-0.2, -0.15) is 0 Å². The molecule has 5 nitrogen and oxygen atoms in total. The van der Waals surface area contributed by atoms with Crippen LogP contribution in [0.2, 0.25) is 0 Å². The van der Waals surface area contributed by atoms with Crippen molar-refractivity contribution in [3.05, 3.63) is 39.9 Å². The predicted octanol–water partition coefficient (Wildman–Crippen LogP) is 2.10. The van der Waals surface area contributed by atoms with Crippen molar-refractivity contribution in [2.75, 3.05) is 12.4 Å². The molecule has 0 saturated heterocycles. The number of nitrogens with one attached hydrogen (secondary N) is 1. The van der Waals surface area contributed by atoms with Crippen LogP contribution < -0.4 is 10.1 Å². The van der Waals surface area contributed by atoms with E-state index in [4.69, 9.17) is 4.74 Å². The van der Waals surface area contributed by atoms with Crippen LogP contribution in [0.4, 0.5) is 5.95 Å². The average molecular weight is 342 g/mol. The number of anilines is 1.